The quantitative estimate of drug-likeness (QED) is 0.701. The molecule has 120 valence electrons. The number of imidazole rings is 1. The fraction of sp³-hybridized carbons (Fsp3) is 0.250. The molecule has 3 aromatic heterocycles. The molecule has 1 N–H and O–H groups in total. The van der Waals surface area contributed by atoms with E-state index in [1.54, 1.807) is 12.3 Å². The molecule has 0 saturated carbocycles. The maximum atomic E-state index is 9.97. The van der Waals surface area contributed by atoms with Crippen molar-refractivity contribution in [1.82, 2.24) is 14.4 Å². The number of fused-ring (bicyclic) bond motifs is 1. The molecule has 0 radical (unpaired) electrons. The first-order valence-electron chi connectivity index (χ1n) is 7.01. The summed E-state index contributed by atoms with van der Waals surface area (Å²) in [4.78, 5) is 8.34. The summed E-state index contributed by atoms with van der Waals surface area (Å²) < 4.78 is 17.8. The van der Waals surface area contributed by atoms with E-state index in [4.69, 9.17) is 14.2 Å². The van der Waals surface area contributed by atoms with Crippen LogP contribution < -0.4 is 9.47 Å². The fourth-order valence-corrected chi connectivity index (χ4v) is 2.27. The van der Waals surface area contributed by atoms with Crippen LogP contribution in [0.15, 0.2) is 42.9 Å². The number of pyridine rings is 2. The minimum atomic E-state index is -1.12. The van der Waals surface area contributed by atoms with Gasteiger partial charge in [-0.15, -0.1) is 0 Å². The smallest absolute Gasteiger partial charge is 0.213 e. The molecular formula is C16H17N3O4. The molecule has 3 rings (SSSR count). The summed E-state index contributed by atoms with van der Waals surface area (Å²) in [6.45, 7) is 0.297. The second kappa shape index (κ2) is 6.64. The molecule has 0 fully saturated rings. The monoisotopic (exact) mass is 315 g/mol. The van der Waals surface area contributed by atoms with E-state index < -0.39 is 6.29 Å². The van der Waals surface area contributed by atoms with Gasteiger partial charge in [0, 0.05) is 25.6 Å². The first kappa shape index (κ1) is 15.3. The number of hydrogen-bond donors (Lipinski definition) is 1. The van der Waals surface area contributed by atoms with E-state index in [2.05, 4.69) is 9.97 Å². The number of rotatable bonds is 6. The third-order valence-corrected chi connectivity index (χ3v) is 3.46. The Balaban J connectivity index is 1.86. The number of methoxy groups -OCH3 is 2. The first-order chi connectivity index (χ1) is 11.2. The number of nitrogens with zero attached hydrogens (tertiary/aromatic N) is 3. The van der Waals surface area contributed by atoms with Gasteiger partial charge in [0.25, 0.3) is 0 Å². The minimum absolute atomic E-state index is 0.297. The molecule has 23 heavy (non-hydrogen) atoms. The Morgan fingerprint density at radius 2 is 2.13 bits per heavy atom. The Kier molecular flexibility index (Phi) is 4.40. The average molecular weight is 315 g/mol. The van der Waals surface area contributed by atoms with Crippen LogP contribution in [0.25, 0.3) is 5.65 Å². The number of hydrogen-bond acceptors (Lipinski definition) is 6. The van der Waals surface area contributed by atoms with Gasteiger partial charge in [0.1, 0.15) is 18.0 Å². The van der Waals surface area contributed by atoms with Crippen LogP contribution in [0.5, 0.6) is 11.6 Å². The summed E-state index contributed by atoms with van der Waals surface area (Å²) >= 11 is 0. The highest BCUT2D eigenvalue weighted by atomic mass is 16.6. The van der Waals surface area contributed by atoms with E-state index in [0.29, 0.717) is 23.8 Å². The SMILES string of the molecule is COc1cc(C(O)OC)c(OCc2cccc3nccn23)cn1. The van der Waals surface area contributed by atoms with Gasteiger partial charge in [-0.3, -0.25) is 0 Å². The van der Waals surface area contributed by atoms with Crippen LogP contribution in [-0.4, -0.2) is 33.7 Å². The van der Waals surface area contributed by atoms with Crippen molar-refractivity contribution in [1.29, 1.82) is 0 Å². The summed E-state index contributed by atoms with van der Waals surface area (Å²) in [6, 6.07) is 7.36. The van der Waals surface area contributed by atoms with Crippen LogP contribution in [0.2, 0.25) is 0 Å². The molecule has 0 saturated heterocycles. The molecule has 1 unspecified atom stereocenters. The van der Waals surface area contributed by atoms with Crippen molar-refractivity contribution in [2.75, 3.05) is 14.2 Å². The van der Waals surface area contributed by atoms with Gasteiger partial charge < -0.3 is 23.7 Å². The summed E-state index contributed by atoms with van der Waals surface area (Å²) in [5, 5.41) is 9.97. The number of aliphatic hydroxyl groups is 1. The second-order valence-corrected chi connectivity index (χ2v) is 4.81. The Morgan fingerprint density at radius 1 is 1.26 bits per heavy atom. The van der Waals surface area contributed by atoms with Crippen molar-refractivity contribution in [3.63, 3.8) is 0 Å². The lowest BCUT2D eigenvalue weighted by Gasteiger charge is -2.16. The van der Waals surface area contributed by atoms with Crippen LogP contribution in [0.3, 0.4) is 0 Å². The number of ether oxygens (including phenoxy) is 3. The van der Waals surface area contributed by atoms with E-state index in [-0.39, 0.29) is 0 Å². The predicted molar refractivity (Wildman–Crippen MR) is 82.3 cm³/mol. The normalized spacial score (nSPS) is 12.3. The van der Waals surface area contributed by atoms with Crippen LogP contribution in [0.4, 0.5) is 0 Å². The topological polar surface area (TPSA) is 78.1 Å². The van der Waals surface area contributed by atoms with Gasteiger partial charge in [-0.05, 0) is 12.1 Å². The zero-order valence-corrected chi connectivity index (χ0v) is 12.8. The third-order valence-electron chi connectivity index (χ3n) is 3.46. The molecule has 7 heteroatoms. The number of aromatic nitrogens is 3. The standard InChI is InChI=1S/C16H17N3O4/c1-21-15-8-12(16(20)22-2)13(9-18-15)23-10-11-4-3-5-14-17-6-7-19(11)14/h3-9,16,20H,10H2,1-2H3. The zero-order chi connectivity index (χ0) is 16.2. The second-order valence-electron chi connectivity index (χ2n) is 4.81. The van der Waals surface area contributed by atoms with Gasteiger partial charge in [-0.1, -0.05) is 6.07 Å². The molecule has 0 aliphatic carbocycles. The summed E-state index contributed by atoms with van der Waals surface area (Å²) in [5.41, 5.74) is 2.22. The van der Waals surface area contributed by atoms with Gasteiger partial charge in [0.2, 0.25) is 5.88 Å². The highest BCUT2D eigenvalue weighted by molar-refractivity contribution is 5.40. The van der Waals surface area contributed by atoms with Gasteiger partial charge in [-0.2, -0.15) is 0 Å². The first-order valence-corrected chi connectivity index (χ1v) is 7.01. The van der Waals surface area contributed by atoms with Crippen LogP contribution in [-0.2, 0) is 11.3 Å². The maximum Gasteiger partial charge on any atom is 0.213 e. The molecule has 7 nitrogen and oxygen atoms in total. The minimum Gasteiger partial charge on any atom is -0.485 e. The van der Waals surface area contributed by atoms with Crippen molar-refractivity contribution >= 4 is 5.65 Å². The maximum absolute atomic E-state index is 9.97. The molecule has 0 spiro atoms. The van der Waals surface area contributed by atoms with Crippen molar-refractivity contribution in [3.05, 3.63) is 54.1 Å². The highest BCUT2D eigenvalue weighted by Gasteiger charge is 2.15. The fourth-order valence-electron chi connectivity index (χ4n) is 2.27. The van der Waals surface area contributed by atoms with Crippen molar-refractivity contribution < 1.29 is 19.3 Å². The summed E-state index contributed by atoms with van der Waals surface area (Å²) in [6.07, 6.45) is 3.98. The number of aliphatic hydroxyl groups excluding tert-OH is 1. The van der Waals surface area contributed by atoms with Crippen LogP contribution >= 0.6 is 0 Å². The molecule has 0 bridgehead atoms. The molecule has 1 atom stereocenters. The van der Waals surface area contributed by atoms with E-state index in [1.807, 2.05) is 28.8 Å². The zero-order valence-electron chi connectivity index (χ0n) is 12.8. The van der Waals surface area contributed by atoms with Gasteiger partial charge in [-0.25, -0.2) is 9.97 Å². The summed E-state index contributed by atoms with van der Waals surface area (Å²) in [5.74, 6) is 0.803. The van der Waals surface area contributed by atoms with E-state index in [9.17, 15) is 5.11 Å². The van der Waals surface area contributed by atoms with Gasteiger partial charge in [0.15, 0.2) is 6.29 Å². The molecule has 3 aromatic rings. The molecule has 0 aromatic carbocycles. The Labute approximate surface area is 133 Å². The molecule has 0 aliphatic heterocycles. The van der Waals surface area contributed by atoms with E-state index in [0.717, 1.165) is 11.3 Å². The highest BCUT2D eigenvalue weighted by Crippen LogP contribution is 2.28. The van der Waals surface area contributed by atoms with E-state index >= 15 is 0 Å². The largest absolute Gasteiger partial charge is 0.485 e. The van der Waals surface area contributed by atoms with Crippen molar-refractivity contribution in [3.8, 4) is 11.6 Å². The molecule has 3 heterocycles. The Hall–Kier alpha value is -2.64. The summed E-state index contributed by atoms with van der Waals surface area (Å²) in [7, 11) is 2.92. The molecular weight excluding hydrogens is 298 g/mol. The van der Waals surface area contributed by atoms with Crippen LogP contribution in [0.1, 0.15) is 17.5 Å². The third kappa shape index (κ3) is 3.10. The molecule has 0 aliphatic rings. The lowest BCUT2D eigenvalue weighted by molar-refractivity contribution is -0.0785. The van der Waals surface area contributed by atoms with Crippen LogP contribution in [0, 0.1) is 0 Å². The van der Waals surface area contributed by atoms with Gasteiger partial charge >= 0.3 is 0 Å². The lowest BCUT2D eigenvalue weighted by atomic mass is 10.2. The van der Waals surface area contributed by atoms with E-state index in [1.165, 1.54) is 20.4 Å². The van der Waals surface area contributed by atoms with Crippen molar-refractivity contribution in [2.24, 2.45) is 0 Å². The predicted octanol–water partition coefficient (Wildman–Crippen LogP) is 1.95. The van der Waals surface area contributed by atoms with Crippen molar-refractivity contribution in [2.45, 2.75) is 12.9 Å². The molecule has 0 amide bonds. The Bertz CT molecular complexity index is 803. The average Bonchev–Trinajstić information content (AvgIpc) is 3.08. The Morgan fingerprint density at radius 3 is 2.91 bits per heavy atom. The lowest BCUT2D eigenvalue weighted by Crippen LogP contribution is -2.07. The van der Waals surface area contributed by atoms with Gasteiger partial charge in [0.05, 0.1) is 24.6 Å².